The maximum Gasteiger partial charge on any atom is 0.266 e. The van der Waals surface area contributed by atoms with Gasteiger partial charge in [0.1, 0.15) is 6.29 Å². The number of aliphatic imine (C=N–C) groups is 1. The van der Waals surface area contributed by atoms with Crippen LogP contribution in [0.1, 0.15) is 24.0 Å². The fourth-order valence-corrected chi connectivity index (χ4v) is 4.16. The first-order valence-corrected chi connectivity index (χ1v) is 10.6. The van der Waals surface area contributed by atoms with Crippen LogP contribution >= 0.6 is 0 Å². The molecule has 0 spiro atoms. The van der Waals surface area contributed by atoms with Crippen LogP contribution < -0.4 is 11.5 Å². The average molecular weight is 422 g/mol. The molecule has 0 aliphatic carbocycles. The predicted octanol–water partition coefficient (Wildman–Crippen LogP) is 1.57. The van der Waals surface area contributed by atoms with E-state index >= 15 is 0 Å². The molecule has 0 aromatic heterocycles. The van der Waals surface area contributed by atoms with Crippen molar-refractivity contribution in [3.05, 3.63) is 71.8 Å². The zero-order valence-electron chi connectivity index (χ0n) is 18.0. The number of carbonyl (C=O) groups is 2. The first-order chi connectivity index (χ1) is 15.0. The van der Waals surface area contributed by atoms with Crippen molar-refractivity contribution in [2.75, 3.05) is 33.2 Å². The van der Waals surface area contributed by atoms with Crippen molar-refractivity contribution in [3.63, 3.8) is 0 Å². The Morgan fingerprint density at radius 1 is 1.03 bits per heavy atom. The van der Waals surface area contributed by atoms with Gasteiger partial charge in [0.15, 0.2) is 11.5 Å². The van der Waals surface area contributed by atoms with Crippen LogP contribution in [0.4, 0.5) is 0 Å². The number of piperidine rings is 1. The number of carbonyl (C=O) groups excluding carboxylic acids is 2. The van der Waals surface area contributed by atoms with Gasteiger partial charge in [0.2, 0.25) is 0 Å². The number of nitrogens with two attached hydrogens (primary N) is 2. The third-order valence-corrected chi connectivity index (χ3v) is 5.87. The molecule has 1 saturated heterocycles. The monoisotopic (exact) mass is 421 g/mol. The van der Waals surface area contributed by atoms with Gasteiger partial charge in [0.05, 0.1) is 0 Å². The molecule has 0 radical (unpaired) electrons. The van der Waals surface area contributed by atoms with Crippen molar-refractivity contribution in [2.45, 2.75) is 18.4 Å². The molecule has 0 bridgehead atoms. The maximum atomic E-state index is 13.7. The Morgan fingerprint density at radius 2 is 1.52 bits per heavy atom. The Kier molecular flexibility index (Phi) is 7.55. The molecule has 7 nitrogen and oxygen atoms in total. The quantitative estimate of drug-likeness (QED) is 0.713. The smallest absolute Gasteiger partial charge is 0.266 e. The largest absolute Gasteiger partial charge is 0.369 e. The Balaban J connectivity index is 0.000000628. The summed E-state index contributed by atoms with van der Waals surface area (Å²) < 4.78 is 0. The normalized spacial score (nSPS) is 18.8. The van der Waals surface area contributed by atoms with Crippen molar-refractivity contribution < 1.29 is 9.59 Å². The molecule has 2 aromatic rings. The lowest BCUT2D eigenvalue weighted by Gasteiger charge is -2.32. The van der Waals surface area contributed by atoms with Gasteiger partial charge in [0.25, 0.3) is 5.91 Å². The van der Waals surface area contributed by atoms with Gasteiger partial charge < -0.3 is 21.2 Å². The van der Waals surface area contributed by atoms with Gasteiger partial charge >= 0.3 is 0 Å². The molecule has 1 fully saturated rings. The molecule has 4 rings (SSSR count). The van der Waals surface area contributed by atoms with Crippen LogP contribution in [-0.2, 0) is 15.1 Å². The summed E-state index contributed by atoms with van der Waals surface area (Å²) >= 11 is 0. The van der Waals surface area contributed by atoms with Crippen molar-refractivity contribution >= 4 is 18.2 Å². The summed E-state index contributed by atoms with van der Waals surface area (Å²) in [5.41, 5.74) is 11.6. The van der Waals surface area contributed by atoms with Crippen LogP contribution in [-0.4, -0.2) is 61.2 Å². The SMILES string of the molecule is CN1CCC(CN2C(=O)C(c3ccccc3)(c3ccccc3)N=C2N)CC1.NCC=O. The maximum absolute atomic E-state index is 13.7. The molecule has 4 N–H and O–H groups in total. The molecule has 164 valence electrons. The zero-order chi connectivity index (χ0) is 22.3. The second kappa shape index (κ2) is 10.3. The van der Waals surface area contributed by atoms with Crippen LogP contribution in [0.5, 0.6) is 0 Å². The van der Waals surface area contributed by atoms with Crippen LogP contribution in [0.3, 0.4) is 0 Å². The second-order valence-corrected chi connectivity index (χ2v) is 7.98. The minimum absolute atomic E-state index is 0.0451. The minimum atomic E-state index is -1.09. The van der Waals surface area contributed by atoms with E-state index in [0.717, 1.165) is 37.1 Å². The summed E-state index contributed by atoms with van der Waals surface area (Å²) in [5, 5.41) is 0. The molecular weight excluding hydrogens is 390 g/mol. The lowest BCUT2D eigenvalue weighted by molar-refractivity contribution is -0.130. The van der Waals surface area contributed by atoms with E-state index < -0.39 is 5.54 Å². The van der Waals surface area contributed by atoms with Gasteiger partial charge in [-0.3, -0.25) is 9.69 Å². The van der Waals surface area contributed by atoms with Crippen molar-refractivity contribution in [2.24, 2.45) is 22.4 Å². The summed E-state index contributed by atoms with van der Waals surface area (Å²) in [5.74, 6) is 0.740. The Bertz CT molecular complexity index is 853. The summed E-state index contributed by atoms with van der Waals surface area (Å²) in [4.78, 5) is 31.5. The van der Waals surface area contributed by atoms with E-state index in [-0.39, 0.29) is 12.5 Å². The lowest BCUT2D eigenvalue weighted by atomic mass is 9.82. The molecule has 0 saturated carbocycles. The second-order valence-electron chi connectivity index (χ2n) is 7.98. The number of rotatable bonds is 5. The standard InChI is InChI=1S/C22H26N4O.C2H5NO/c1-25-14-12-17(13-15-25)16-26-20(27)22(24-21(26)23,18-8-4-2-5-9-18)19-10-6-3-7-11-19;3-1-2-4/h2-11,17H,12-16H2,1H3,(H2,23,24);2H,1,3H2. The van der Waals surface area contributed by atoms with E-state index in [4.69, 9.17) is 15.5 Å². The van der Waals surface area contributed by atoms with Gasteiger partial charge in [-0.2, -0.15) is 0 Å². The van der Waals surface area contributed by atoms with Crippen LogP contribution in [0, 0.1) is 5.92 Å². The molecule has 0 unspecified atom stereocenters. The Hall–Kier alpha value is -3.03. The molecule has 2 heterocycles. The van der Waals surface area contributed by atoms with Gasteiger partial charge in [-0.25, -0.2) is 4.99 Å². The Morgan fingerprint density at radius 3 is 1.97 bits per heavy atom. The van der Waals surface area contributed by atoms with Crippen molar-refractivity contribution in [1.29, 1.82) is 0 Å². The first kappa shape index (κ1) is 22.7. The first-order valence-electron chi connectivity index (χ1n) is 10.6. The molecule has 0 atom stereocenters. The lowest BCUT2D eigenvalue weighted by Crippen LogP contribution is -2.47. The highest BCUT2D eigenvalue weighted by atomic mass is 16.2. The summed E-state index contributed by atoms with van der Waals surface area (Å²) in [6, 6.07) is 19.5. The zero-order valence-corrected chi connectivity index (χ0v) is 18.0. The predicted molar refractivity (Wildman–Crippen MR) is 122 cm³/mol. The number of aldehydes is 1. The summed E-state index contributed by atoms with van der Waals surface area (Å²) in [6.45, 7) is 2.90. The van der Waals surface area contributed by atoms with E-state index in [2.05, 4.69) is 17.7 Å². The third kappa shape index (κ3) is 4.84. The number of likely N-dealkylation sites (tertiary alicyclic amines) is 1. The number of nitrogens with zero attached hydrogens (tertiary/aromatic N) is 3. The highest BCUT2D eigenvalue weighted by molar-refractivity contribution is 6.09. The number of guanidine groups is 1. The Labute approximate surface area is 183 Å². The van der Waals surface area contributed by atoms with E-state index in [0.29, 0.717) is 24.7 Å². The summed E-state index contributed by atoms with van der Waals surface area (Å²) in [7, 11) is 2.14. The molecule has 2 aromatic carbocycles. The molecule has 31 heavy (non-hydrogen) atoms. The van der Waals surface area contributed by atoms with E-state index in [1.807, 2.05) is 60.7 Å². The van der Waals surface area contributed by atoms with E-state index in [1.165, 1.54) is 0 Å². The van der Waals surface area contributed by atoms with Crippen molar-refractivity contribution in [1.82, 2.24) is 9.80 Å². The van der Waals surface area contributed by atoms with E-state index in [9.17, 15) is 4.79 Å². The topological polar surface area (TPSA) is 105 Å². The summed E-state index contributed by atoms with van der Waals surface area (Å²) in [6.07, 6.45) is 2.81. The fourth-order valence-electron chi connectivity index (χ4n) is 4.16. The fraction of sp³-hybridized carbons (Fsp3) is 0.375. The van der Waals surface area contributed by atoms with Gasteiger partial charge in [-0.05, 0) is 50.0 Å². The minimum Gasteiger partial charge on any atom is -0.369 e. The number of hydrogen-bond donors (Lipinski definition) is 2. The van der Waals surface area contributed by atoms with E-state index in [1.54, 1.807) is 4.90 Å². The van der Waals surface area contributed by atoms with Crippen LogP contribution in [0.25, 0.3) is 0 Å². The molecule has 7 heteroatoms. The number of amides is 1. The molecule has 2 aliphatic heterocycles. The highest BCUT2D eigenvalue weighted by Crippen LogP contribution is 2.40. The third-order valence-electron chi connectivity index (χ3n) is 5.87. The van der Waals surface area contributed by atoms with Gasteiger partial charge in [-0.1, -0.05) is 60.7 Å². The van der Waals surface area contributed by atoms with Gasteiger partial charge in [-0.15, -0.1) is 0 Å². The van der Waals surface area contributed by atoms with Gasteiger partial charge in [0, 0.05) is 13.1 Å². The molecule has 2 aliphatic rings. The number of hydrogen-bond acceptors (Lipinski definition) is 6. The molecule has 1 amide bonds. The number of benzene rings is 2. The molecular formula is C24H31N5O2. The highest BCUT2D eigenvalue weighted by Gasteiger charge is 2.50. The average Bonchev–Trinajstić information content (AvgIpc) is 3.07. The van der Waals surface area contributed by atoms with Crippen molar-refractivity contribution in [3.8, 4) is 0 Å². The van der Waals surface area contributed by atoms with Crippen LogP contribution in [0.15, 0.2) is 65.7 Å². The van der Waals surface area contributed by atoms with Crippen LogP contribution in [0.2, 0.25) is 0 Å².